The summed E-state index contributed by atoms with van der Waals surface area (Å²) < 4.78 is 0. The first-order chi connectivity index (χ1) is 7.44. The maximum atomic E-state index is 3.68. The first-order valence-electron chi connectivity index (χ1n) is 6.27. The summed E-state index contributed by atoms with van der Waals surface area (Å²) in [5, 5.41) is 3.68. The third-order valence-electron chi connectivity index (χ3n) is 3.14. The van der Waals surface area contributed by atoms with E-state index >= 15 is 0 Å². The van der Waals surface area contributed by atoms with E-state index in [4.69, 9.17) is 0 Å². The Bertz CT molecular complexity index is 328. The number of benzene rings is 1. The maximum absolute atomic E-state index is 3.68. The molecule has 0 saturated carbocycles. The molecule has 1 aromatic rings. The van der Waals surface area contributed by atoms with Crippen molar-refractivity contribution in [2.24, 2.45) is 0 Å². The highest BCUT2D eigenvalue weighted by atomic mass is 15.0. The Hall–Kier alpha value is -0.820. The Kier molecular flexibility index (Phi) is 4.55. The zero-order valence-electron chi connectivity index (χ0n) is 11.3. The van der Waals surface area contributed by atoms with Crippen LogP contribution in [0.15, 0.2) is 24.3 Å². The van der Waals surface area contributed by atoms with Gasteiger partial charge in [-0.15, -0.1) is 0 Å². The van der Waals surface area contributed by atoms with Crippen molar-refractivity contribution in [1.82, 2.24) is 5.32 Å². The summed E-state index contributed by atoms with van der Waals surface area (Å²) in [5.41, 5.74) is 3.01. The zero-order chi connectivity index (χ0) is 12.2. The summed E-state index contributed by atoms with van der Waals surface area (Å²) in [5.74, 6) is 0. The van der Waals surface area contributed by atoms with E-state index in [0.29, 0.717) is 6.04 Å². The van der Waals surface area contributed by atoms with E-state index in [9.17, 15) is 0 Å². The second-order valence-electron chi connectivity index (χ2n) is 5.44. The van der Waals surface area contributed by atoms with Crippen molar-refractivity contribution in [3.05, 3.63) is 35.4 Å². The molecule has 1 atom stereocenters. The molecule has 0 radical (unpaired) electrons. The molecule has 16 heavy (non-hydrogen) atoms. The summed E-state index contributed by atoms with van der Waals surface area (Å²) >= 11 is 0. The Labute approximate surface area is 100 Å². The second kappa shape index (κ2) is 5.49. The lowest BCUT2D eigenvalue weighted by atomic mass is 9.91. The molecule has 0 aromatic heterocycles. The van der Waals surface area contributed by atoms with Gasteiger partial charge in [0.2, 0.25) is 0 Å². The van der Waals surface area contributed by atoms with Crippen LogP contribution in [0.1, 0.15) is 45.2 Å². The molecule has 0 amide bonds. The normalized spacial score (nSPS) is 13.8. The predicted octanol–water partition coefficient (Wildman–Crippen LogP) is 3.70. The van der Waals surface area contributed by atoms with Gasteiger partial charge < -0.3 is 5.32 Å². The Morgan fingerprint density at radius 1 is 1.25 bits per heavy atom. The van der Waals surface area contributed by atoms with Crippen molar-refractivity contribution in [2.75, 3.05) is 0 Å². The van der Waals surface area contributed by atoms with Crippen molar-refractivity contribution >= 4 is 0 Å². The van der Waals surface area contributed by atoms with Crippen LogP contribution in [-0.4, -0.2) is 11.6 Å². The minimum atomic E-state index is 0.168. The van der Waals surface area contributed by atoms with E-state index in [1.54, 1.807) is 0 Å². The van der Waals surface area contributed by atoms with Crippen molar-refractivity contribution in [1.29, 1.82) is 0 Å². The average Bonchev–Trinajstić information content (AvgIpc) is 2.20. The number of nitrogens with one attached hydrogen (secondary N) is 1. The molecule has 0 saturated heterocycles. The highest BCUT2D eigenvalue weighted by Crippen LogP contribution is 2.17. The van der Waals surface area contributed by atoms with Crippen LogP contribution < -0.4 is 5.32 Å². The largest absolute Gasteiger partial charge is 0.309 e. The topological polar surface area (TPSA) is 12.0 Å². The fourth-order valence-electron chi connectivity index (χ4n) is 2.10. The molecule has 1 unspecified atom stereocenters. The van der Waals surface area contributed by atoms with Crippen molar-refractivity contribution in [3.8, 4) is 0 Å². The maximum Gasteiger partial charge on any atom is 0.0168 e. The quantitative estimate of drug-likeness (QED) is 0.796. The van der Waals surface area contributed by atoms with Gasteiger partial charge in [-0.05, 0) is 51.7 Å². The zero-order valence-corrected chi connectivity index (χ0v) is 11.3. The third-order valence-corrected chi connectivity index (χ3v) is 3.14. The molecular weight excluding hydrogens is 194 g/mol. The van der Waals surface area contributed by atoms with Crippen LogP contribution in [0.3, 0.4) is 0 Å². The van der Waals surface area contributed by atoms with Gasteiger partial charge in [0.15, 0.2) is 0 Å². The lowest BCUT2D eigenvalue weighted by Gasteiger charge is -2.30. The van der Waals surface area contributed by atoms with Gasteiger partial charge in [0.05, 0.1) is 0 Å². The molecule has 0 aliphatic heterocycles. The summed E-state index contributed by atoms with van der Waals surface area (Å²) in [7, 11) is 0. The summed E-state index contributed by atoms with van der Waals surface area (Å²) in [6.45, 7) is 11.2. The van der Waals surface area contributed by atoms with Gasteiger partial charge in [-0.1, -0.05) is 31.2 Å². The first-order valence-corrected chi connectivity index (χ1v) is 6.27. The summed E-state index contributed by atoms with van der Waals surface area (Å²) in [6.07, 6.45) is 2.27. The molecule has 90 valence electrons. The molecule has 1 N–H and O–H groups in total. The van der Waals surface area contributed by atoms with Crippen molar-refractivity contribution in [2.45, 2.75) is 59.0 Å². The molecule has 1 heteroatoms. The van der Waals surface area contributed by atoms with Gasteiger partial charge in [0.1, 0.15) is 0 Å². The molecule has 0 fully saturated rings. The Balaban J connectivity index is 2.69. The predicted molar refractivity (Wildman–Crippen MR) is 71.9 cm³/mol. The van der Waals surface area contributed by atoms with E-state index < -0.39 is 0 Å². The lowest BCUT2D eigenvalue weighted by Crippen LogP contribution is -2.46. The van der Waals surface area contributed by atoms with Crippen molar-refractivity contribution < 1.29 is 0 Å². The summed E-state index contributed by atoms with van der Waals surface area (Å²) in [6, 6.07) is 9.23. The number of hydrogen-bond acceptors (Lipinski definition) is 1. The summed E-state index contributed by atoms with van der Waals surface area (Å²) in [4.78, 5) is 0. The van der Waals surface area contributed by atoms with E-state index in [0.717, 1.165) is 6.42 Å². The fraction of sp³-hybridized carbons (Fsp3) is 0.600. The van der Waals surface area contributed by atoms with E-state index in [1.165, 1.54) is 17.5 Å². The second-order valence-corrected chi connectivity index (χ2v) is 5.44. The van der Waals surface area contributed by atoms with Gasteiger partial charge in [-0.25, -0.2) is 0 Å². The van der Waals surface area contributed by atoms with Crippen LogP contribution in [-0.2, 0) is 6.42 Å². The van der Waals surface area contributed by atoms with Crippen LogP contribution in [0.2, 0.25) is 0 Å². The van der Waals surface area contributed by atoms with Crippen LogP contribution >= 0.6 is 0 Å². The van der Waals surface area contributed by atoms with Gasteiger partial charge in [-0.2, -0.15) is 0 Å². The molecule has 0 heterocycles. The third kappa shape index (κ3) is 3.97. The molecule has 0 aliphatic carbocycles. The van der Waals surface area contributed by atoms with E-state index in [-0.39, 0.29) is 5.54 Å². The number of aryl methyl sites for hydroxylation is 1. The SMILES string of the molecule is CCC(C)NC(C)(C)Cc1ccccc1C. The smallest absolute Gasteiger partial charge is 0.0168 e. The van der Waals surface area contributed by atoms with Crippen molar-refractivity contribution in [3.63, 3.8) is 0 Å². The minimum absolute atomic E-state index is 0.168. The number of rotatable bonds is 5. The average molecular weight is 219 g/mol. The molecule has 1 nitrogen and oxygen atoms in total. The minimum Gasteiger partial charge on any atom is -0.309 e. The Morgan fingerprint density at radius 3 is 2.44 bits per heavy atom. The monoisotopic (exact) mass is 219 g/mol. The van der Waals surface area contributed by atoms with Gasteiger partial charge in [0.25, 0.3) is 0 Å². The van der Waals surface area contributed by atoms with Crippen LogP contribution in [0, 0.1) is 6.92 Å². The van der Waals surface area contributed by atoms with Crippen LogP contribution in [0.4, 0.5) is 0 Å². The Morgan fingerprint density at radius 2 is 1.88 bits per heavy atom. The number of hydrogen-bond donors (Lipinski definition) is 1. The van der Waals surface area contributed by atoms with Crippen LogP contribution in [0.5, 0.6) is 0 Å². The molecule has 0 spiro atoms. The van der Waals surface area contributed by atoms with Gasteiger partial charge in [0, 0.05) is 11.6 Å². The van der Waals surface area contributed by atoms with Gasteiger partial charge in [-0.3, -0.25) is 0 Å². The highest BCUT2D eigenvalue weighted by Gasteiger charge is 2.20. The molecular formula is C15H25N. The highest BCUT2D eigenvalue weighted by molar-refractivity contribution is 5.27. The molecule has 1 rings (SSSR count). The molecule has 1 aromatic carbocycles. The fourth-order valence-corrected chi connectivity index (χ4v) is 2.10. The van der Waals surface area contributed by atoms with Crippen LogP contribution in [0.25, 0.3) is 0 Å². The lowest BCUT2D eigenvalue weighted by molar-refractivity contribution is 0.336. The first kappa shape index (κ1) is 13.2. The van der Waals surface area contributed by atoms with E-state index in [2.05, 4.69) is 64.2 Å². The molecule has 0 aliphatic rings. The standard InChI is InChI=1S/C15H25N/c1-6-13(3)16-15(4,5)11-14-10-8-7-9-12(14)2/h7-10,13,16H,6,11H2,1-5H3. The van der Waals surface area contributed by atoms with Gasteiger partial charge >= 0.3 is 0 Å². The molecule has 0 bridgehead atoms. The van der Waals surface area contributed by atoms with E-state index in [1.807, 2.05) is 0 Å².